The summed E-state index contributed by atoms with van der Waals surface area (Å²) in [6.45, 7) is 5.79. The summed E-state index contributed by atoms with van der Waals surface area (Å²) in [5.74, 6) is 0. The molecule has 0 unspecified atom stereocenters. The van der Waals surface area contributed by atoms with Gasteiger partial charge in [-0.1, -0.05) is 99.7 Å². The van der Waals surface area contributed by atoms with Crippen LogP contribution in [0.15, 0.2) is 77.4 Å². The van der Waals surface area contributed by atoms with Gasteiger partial charge in [0.1, 0.15) is 0 Å². The van der Waals surface area contributed by atoms with Gasteiger partial charge in [0.05, 0.1) is 0 Å². The average Bonchev–Trinajstić information content (AvgIpc) is 2.82. The van der Waals surface area contributed by atoms with Crippen LogP contribution >= 0.6 is 0 Å². The third-order valence-electron chi connectivity index (χ3n) is 7.31. The Kier molecular flexibility index (Phi) is 7.81. The molecule has 0 bridgehead atoms. The van der Waals surface area contributed by atoms with Crippen molar-refractivity contribution in [2.45, 2.75) is 90.3 Å². The van der Waals surface area contributed by atoms with Crippen molar-refractivity contribution < 1.29 is 0 Å². The molecule has 1 saturated carbocycles. The van der Waals surface area contributed by atoms with Crippen LogP contribution in [0, 0.1) is 0 Å². The maximum Gasteiger partial charge on any atom is 0.0360 e. The van der Waals surface area contributed by atoms with E-state index in [1.165, 1.54) is 68.9 Å². The lowest BCUT2D eigenvalue weighted by Gasteiger charge is -2.48. The Bertz CT molecular complexity index is 877. The third-order valence-corrected chi connectivity index (χ3v) is 7.31. The normalized spacial score (nSPS) is 23.2. The van der Waals surface area contributed by atoms with Crippen molar-refractivity contribution in [1.82, 2.24) is 4.90 Å². The fourth-order valence-electron chi connectivity index (χ4n) is 5.66. The first-order valence-corrected chi connectivity index (χ1v) is 12.5. The van der Waals surface area contributed by atoms with Gasteiger partial charge in [0.25, 0.3) is 0 Å². The summed E-state index contributed by atoms with van der Waals surface area (Å²) < 4.78 is 0. The summed E-state index contributed by atoms with van der Waals surface area (Å²) in [5.41, 5.74) is 7.67. The number of hydrogen-bond acceptors (Lipinski definition) is 1. The fraction of sp³-hybridized carbons (Fsp3) is 0.467. The van der Waals surface area contributed by atoms with Crippen LogP contribution < -0.4 is 0 Å². The fourth-order valence-corrected chi connectivity index (χ4v) is 5.66. The second-order valence-electron chi connectivity index (χ2n) is 9.45. The number of hydrogen-bond donors (Lipinski definition) is 0. The molecule has 4 rings (SSSR count). The first-order valence-electron chi connectivity index (χ1n) is 12.5. The monoisotopic (exact) mass is 413 g/mol. The molecule has 1 aliphatic heterocycles. The summed E-state index contributed by atoms with van der Waals surface area (Å²) in [6, 6.07) is 23.2. The molecule has 0 aromatic heterocycles. The van der Waals surface area contributed by atoms with Crippen molar-refractivity contribution in [1.29, 1.82) is 0 Å². The predicted molar refractivity (Wildman–Crippen MR) is 134 cm³/mol. The van der Waals surface area contributed by atoms with E-state index in [9.17, 15) is 0 Å². The Balaban J connectivity index is 1.73. The van der Waals surface area contributed by atoms with Gasteiger partial charge in [0.15, 0.2) is 0 Å². The Labute approximate surface area is 189 Å². The summed E-state index contributed by atoms with van der Waals surface area (Å²) in [5, 5.41) is 0. The van der Waals surface area contributed by atoms with Gasteiger partial charge in [-0.2, -0.15) is 0 Å². The molecular formula is C30H39N. The highest BCUT2D eigenvalue weighted by Gasteiger charge is 2.38. The highest BCUT2D eigenvalue weighted by Crippen LogP contribution is 2.43. The summed E-state index contributed by atoms with van der Waals surface area (Å²) in [4.78, 5) is 2.87. The molecule has 0 N–H and O–H groups in total. The molecule has 1 heteroatoms. The largest absolute Gasteiger partial charge is 0.285 e. The van der Waals surface area contributed by atoms with E-state index >= 15 is 0 Å². The Morgan fingerprint density at radius 1 is 0.903 bits per heavy atom. The molecule has 2 atom stereocenters. The molecule has 1 aliphatic carbocycles. The van der Waals surface area contributed by atoms with Crippen molar-refractivity contribution in [3.05, 3.63) is 88.5 Å². The van der Waals surface area contributed by atoms with Crippen LogP contribution in [0.4, 0.5) is 0 Å². The average molecular weight is 414 g/mol. The van der Waals surface area contributed by atoms with Gasteiger partial charge in [0.2, 0.25) is 0 Å². The molecule has 2 aromatic rings. The van der Waals surface area contributed by atoms with E-state index in [0.717, 1.165) is 6.54 Å². The topological polar surface area (TPSA) is 3.24 Å². The second kappa shape index (κ2) is 11.0. The van der Waals surface area contributed by atoms with Gasteiger partial charge in [-0.05, 0) is 66.5 Å². The molecule has 0 radical (unpaired) electrons. The Morgan fingerprint density at radius 2 is 1.65 bits per heavy atom. The van der Waals surface area contributed by atoms with E-state index in [1.807, 2.05) is 0 Å². The minimum absolute atomic E-state index is 0.518. The van der Waals surface area contributed by atoms with Crippen LogP contribution in [-0.4, -0.2) is 17.0 Å². The lowest BCUT2D eigenvalue weighted by Crippen LogP contribution is -2.49. The van der Waals surface area contributed by atoms with Crippen molar-refractivity contribution in [2.24, 2.45) is 0 Å². The lowest BCUT2D eigenvalue weighted by molar-refractivity contribution is 0.127. The quantitative estimate of drug-likeness (QED) is 0.394. The molecule has 2 aliphatic rings. The number of unbranched alkanes of at least 4 members (excludes halogenated alkanes) is 3. The van der Waals surface area contributed by atoms with Gasteiger partial charge in [-0.3, -0.25) is 4.90 Å². The van der Waals surface area contributed by atoms with E-state index in [4.69, 9.17) is 0 Å². The van der Waals surface area contributed by atoms with Crippen LogP contribution in [0.3, 0.4) is 0 Å². The van der Waals surface area contributed by atoms with Crippen molar-refractivity contribution in [2.75, 3.05) is 0 Å². The van der Waals surface area contributed by atoms with E-state index in [-0.39, 0.29) is 0 Å². The molecule has 2 aromatic carbocycles. The SMILES string of the molecule is CCCCCC[C@H]1/C(=C/c2ccccc2)C(C)=C2CCCC[C@H]2N1Cc1ccccc1. The first-order chi connectivity index (χ1) is 15.3. The van der Waals surface area contributed by atoms with Gasteiger partial charge in [-0.25, -0.2) is 0 Å². The number of fused-ring (bicyclic) bond motifs is 1. The molecule has 164 valence electrons. The van der Waals surface area contributed by atoms with Crippen LogP contribution in [-0.2, 0) is 6.54 Å². The van der Waals surface area contributed by atoms with Gasteiger partial charge in [-0.15, -0.1) is 0 Å². The number of benzene rings is 2. The minimum Gasteiger partial charge on any atom is -0.285 e. The first kappa shape index (κ1) is 22.1. The number of nitrogens with zero attached hydrogens (tertiary/aromatic N) is 1. The molecule has 31 heavy (non-hydrogen) atoms. The van der Waals surface area contributed by atoms with Crippen LogP contribution in [0.25, 0.3) is 6.08 Å². The molecule has 0 amide bonds. The Morgan fingerprint density at radius 3 is 2.39 bits per heavy atom. The van der Waals surface area contributed by atoms with Crippen LogP contribution in [0.1, 0.15) is 82.8 Å². The zero-order valence-corrected chi connectivity index (χ0v) is 19.5. The van der Waals surface area contributed by atoms with E-state index < -0.39 is 0 Å². The molecule has 1 heterocycles. The van der Waals surface area contributed by atoms with Gasteiger partial charge < -0.3 is 0 Å². The standard InChI is InChI=1S/C30H39N/c1-3-4-5-12-20-30-28(22-25-15-8-6-9-16-25)24(2)27-19-13-14-21-29(27)31(30)23-26-17-10-7-11-18-26/h6-11,15-18,22,29-30H,3-5,12-14,19-21,23H2,1-2H3/b28-22+/t29-,30+/m1/s1. The molecule has 1 fully saturated rings. The molecular weight excluding hydrogens is 374 g/mol. The zero-order chi connectivity index (χ0) is 21.5. The van der Waals surface area contributed by atoms with Crippen LogP contribution in [0.2, 0.25) is 0 Å². The smallest absolute Gasteiger partial charge is 0.0360 e. The second-order valence-corrected chi connectivity index (χ2v) is 9.45. The number of rotatable bonds is 8. The van der Waals surface area contributed by atoms with Crippen molar-refractivity contribution in [3.8, 4) is 0 Å². The minimum atomic E-state index is 0.518. The zero-order valence-electron chi connectivity index (χ0n) is 19.5. The van der Waals surface area contributed by atoms with E-state index in [2.05, 4.69) is 85.5 Å². The highest BCUT2D eigenvalue weighted by atomic mass is 15.2. The summed E-state index contributed by atoms with van der Waals surface area (Å²) in [7, 11) is 0. The summed E-state index contributed by atoms with van der Waals surface area (Å²) in [6.07, 6.45) is 14.4. The van der Waals surface area contributed by atoms with Gasteiger partial charge in [0, 0.05) is 18.6 Å². The molecule has 0 saturated heterocycles. The maximum atomic E-state index is 2.87. The van der Waals surface area contributed by atoms with E-state index in [1.54, 1.807) is 16.7 Å². The predicted octanol–water partition coefficient (Wildman–Crippen LogP) is 8.18. The lowest BCUT2D eigenvalue weighted by atomic mass is 9.76. The van der Waals surface area contributed by atoms with Gasteiger partial charge >= 0.3 is 0 Å². The van der Waals surface area contributed by atoms with Crippen molar-refractivity contribution in [3.63, 3.8) is 0 Å². The Hall–Kier alpha value is -2.12. The summed E-state index contributed by atoms with van der Waals surface area (Å²) >= 11 is 0. The molecule has 0 spiro atoms. The third kappa shape index (κ3) is 5.39. The highest BCUT2D eigenvalue weighted by molar-refractivity contribution is 5.62. The maximum absolute atomic E-state index is 2.87. The molecule has 1 nitrogen and oxygen atoms in total. The van der Waals surface area contributed by atoms with E-state index in [0.29, 0.717) is 12.1 Å². The van der Waals surface area contributed by atoms with Crippen LogP contribution in [0.5, 0.6) is 0 Å². The van der Waals surface area contributed by atoms with Crippen molar-refractivity contribution >= 4 is 6.08 Å².